The van der Waals surface area contributed by atoms with Crippen LogP contribution in [0.15, 0.2) is 56.7 Å². The van der Waals surface area contributed by atoms with Gasteiger partial charge in [0.05, 0.1) is 0 Å². The van der Waals surface area contributed by atoms with E-state index in [0.29, 0.717) is 0 Å². The van der Waals surface area contributed by atoms with Crippen LogP contribution >= 0.6 is 39.3 Å². The molecule has 0 saturated carbocycles. The van der Waals surface area contributed by atoms with Crippen LogP contribution in [0.25, 0.3) is 0 Å². The maximum absolute atomic E-state index is 5.83. The van der Waals surface area contributed by atoms with E-state index in [9.17, 15) is 0 Å². The van der Waals surface area contributed by atoms with Crippen molar-refractivity contribution in [2.75, 3.05) is 5.73 Å². The molecule has 0 fully saturated rings. The van der Waals surface area contributed by atoms with Gasteiger partial charge in [-0.2, -0.15) is 0 Å². The second kappa shape index (κ2) is 5.13. The van der Waals surface area contributed by atoms with Crippen molar-refractivity contribution in [1.82, 2.24) is 0 Å². The van der Waals surface area contributed by atoms with Gasteiger partial charge in [-0.1, -0.05) is 23.4 Å². The van der Waals surface area contributed by atoms with Crippen molar-refractivity contribution in [1.29, 1.82) is 0 Å². The second-order valence-corrected chi connectivity index (χ2v) is 5.68. The second-order valence-electron chi connectivity index (χ2n) is 3.24. The van der Waals surface area contributed by atoms with Gasteiger partial charge in [0.15, 0.2) is 0 Å². The summed E-state index contributed by atoms with van der Waals surface area (Å²) < 4.78 is 0.923. The predicted molar refractivity (Wildman–Crippen MR) is 74.1 cm³/mol. The quantitative estimate of drug-likeness (QED) is 0.803. The molecule has 82 valence electrons. The molecular weight excluding hydrogens is 306 g/mol. The molecule has 0 radical (unpaired) electrons. The van der Waals surface area contributed by atoms with Gasteiger partial charge >= 0.3 is 0 Å². The van der Waals surface area contributed by atoms with E-state index in [1.165, 1.54) is 0 Å². The number of halogens is 2. The Hall–Kier alpha value is -0.640. The molecule has 2 rings (SSSR count). The molecule has 1 nitrogen and oxygen atoms in total. The number of benzene rings is 2. The summed E-state index contributed by atoms with van der Waals surface area (Å²) in [4.78, 5) is 2.30. The minimum Gasteiger partial charge on any atom is -0.398 e. The molecule has 0 aliphatic heterocycles. The van der Waals surface area contributed by atoms with Crippen LogP contribution in [-0.2, 0) is 0 Å². The standard InChI is InChI=1S/C12H9BrClNS/c13-11-7-10(5-6-12(11)15)16-9-3-1-8(14)2-4-9/h1-7H,15H2. The van der Waals surface area contributed by atoms with Crippen LogP contribution in [0.1, 0.15) is 0 Å². The Morgan fingerprint density at radius 2 is 1.62 bits per heavy atom. The number of anilines is 1. The van der Waals surface area contributed by atoms with E-state index < -0.39 is 0 Å². The van der Waals surface area contributed by atoms with Crippen molar-refractivity contribution in [3.63, 3.8) is 0 Å². The summed E-state index contributed by atoms with van der Waals surface area (Å²) in [7, 11) is 0. The van der Waals surface area contributed by atoms with Gasteiger partial charge in [0.1, 0.15) is 0 Å². The van der Waals surface area contributed by atoms with Gasteiger partial charge < -0.3 is 5.73 Å². The van der Waals surface area contributed by atoms with E-state index in [0.717, 1.165) is 25.0 Å². The largest absolute Gasteiger partial charge is 0.398 e. The van der Waals surface area contributed by atoms with Gasteiger partial charge in [0, 0.05) is 25.0 Å². The molecule has 0 heterocycles. The van der Waals surface area contributed by atoms with Crippen molar-refractivity contribution < 1.29 is 0 Å². The molecule has 2 N–H and O–H groups in total. The van der Waals surface area contributed by atoms with Crippen LogP contribution < -0.4 is 5.73 Å². The summed E-state index contributed by atoms with van der Waals surface area (Å²) in [6.45, 7) is 0. The Morgan fingerprint density at radius 3 is 2.25 bits per heavy atom. The Morgan fingerprint density at radius 1 is 1.00 bits per heavy atom. The Balaban J connectivity index is 2.20. The first kappa shape index (κ1) is 11.8. The van der Waals surface area contributed by atoms with E-state index in [1.807, 2.05) is 42.5 Å². The number of rotatable bonds is 2. The number of nitrogens with two attached hydrogens (primary N) is 1. The van der Waals surface area contributed by atoms with E-state index in [2.05, 4.69) is 15.9 Å². The van der Waals surface area contributed by atoms with E-state index in [1.54, 1.807) is 11.8 Å². The average Bonchev–Trinajstić information content (AvgIpc) is 2.27. The fourth-order valence-corrected chi connectivity index (χ4v) is 2.72. The molecule has 0 unspecified atom stereocenters. The van der Waals surface area contributed by atoms with Crippen LogP contribution in [-0.4, -0.2) is 0 Å². The minimum absolute atomic E-state index is 0.750. The van der Waals surface area contributed by atoms with Gasteiger partial charge in [-0.05, 0) is 58.4 Å². The monoisotopic (exact) mass is 313 g/mol. The third-order valence-electron chi connectivity index (χ3n) is 2.02. The van der Waals surface area contributed by atoms with Crippen molar-refractivity contribution >= 4 is 45.0 Å². The highest BCUT2D eigenvalue weighted by Crippen LogP contribution is 2.32. The molecule has 0 spiro atoms. The minimum atomic E-state index is 0.750. The number of nitrogen functional groups attached to an aromatic ring is 1. The molecule has 0 aromatic heterocycles. The molecule has 4 heteroatoms. The highest BCUT2D eigenvalue weighted by molar-refractivity contribution is 9.10. The lowest BCUT2D eigenvalue weighted by Crippen LogP contribution is -1.85. The molecule has 2 aromatic rings. The lowest BCUT2D eigenvalue weighted by atomic mass is 10.3. The van der Waals surface area contributed by atoms with Crippen LogP contribution in [0, 0.1) is 0 Å². The molecule has 0 aliphatic carbocycles. The SMILES string of the molecule is Nc1ccc(Sc2ccc(Cl)cc2)cc1Br. The lowest BCUT2D eigenvalue weighted by molar-refractivity contribution is 1.39. The van der Waals surface area contributed by atoms with Crippen molar-refractivity contribution in [2.45, 2.75) is 9.79 Å². The number of hydrogen-bond donors (Lipinski definition) is 1. The van der Waals surface area contributed by atoms with Gasteiger partial charge in [-0.3, -0.25) is 0 Å². The van der Waals surface area contributed by atoms with Crippen molar-refractivity contribution in [3.05, 3.63) is 52.0 Å². The molecule has 0 bridgehead atoms. The number of hydrogen-bond acceptors (Lipinski definition) is 2. The van der Waals surface area contributed by atoms with Crippen LogP contribution in [0.3, 0.4) is 0 Å². The van der Waals surface area contributed by atoms with Crippen molar-refractivity contribution in [3.8, 4) is 0 Å². The fraction of sp³-hybridized carbons (Fsp3) is 0. The maximum atomic E-state index is 5.83. The molecule has 16 heavy (non-hydrogen) atoms. The van der Waals surface area contributed by atoms with Gasteiger partial charge in [0.25, 0.3) is 0 Å². The zero-order valence-corrected chi connectivity index (χ0v) is 11.4. The summed E-state index contributed by atoms with van der Waals surface area (Å²) >= 11 is 10.9. The smallest absolute Gasteiger partial charge is 0.0459 e. The molecule has 0 saturated heterocycles. The first-order valence-corrected chi connectivity index (χ1v) is 6.62. The zero-order valence-electron chi connectivity index (χ0n) is 8.28. The van der Waals surface area contributed by atoms with Gasteiger partial charge in [-0.25, -0.2) is 0 Å². The first-order valence-electron chi connectivity index (χ1n) is 4.63. The summed E-state index contributed by atoms with van der Waals surface area (Å²) in [5, 5.41) is 0.753. The van der Waals surface area contributed by atoms with E-state index in [4.69, 9.17) is 17.3 Å². The summed E-state index contributed by atoms with van der Waals surface area (Å²) in [5.74, 6) is 0. The summed E-state index contributed by atoms with van der Waals surface area (Å²) in [5.41, 5.74) is 6.48. The lowest BCUT2D eigenvalue weighted by Gasteiger charge is -2.04. The summed E-state index contributed by atoms with van der Waals surface area (Å²) in [6.07, 6.45) is 0. The van der Waals surface area contributed by atoms with E-state index in [-0.39, 0.29) is 0 Å². The normalized spacial score (nSPS) is 10.4. The third-order valence-corrected chi connectivity index (χ3v) is 3.96. The molecule has 2 aromatic carbocycles. The zero-order chi connectivity index (χ0) is 11.5. The molecular formula is C12H9BrClNS. The molecule has 0 aliphatic rings. The predicted octanol–water partition coefficient (Wildman–Crippen LogP) is 4.84. The maximum Gasteiger partial charge on any atom is 0.0459 e. The first-order chi connectivity index (χ1) is 7.65. The van der Waals surface area contributed by atoms with Crippen LogP contribution in [0.5, 0.6) is 0 Å². The fourth-order valence-electron chi connectivity index (χ4n) is 1.21. The highest BCUT2D eigenvalue weighted by Gasteiger charge is 2.00. The van der Waals surface area contributed by atoms with Gasteiger partial charge in [0.2, 0.25) is 0 Å². The Bertz CT molecular complexity index is 499. The third kappa shape index (κ3) is 2.94. The topological polar surface area (TPSA) is 26.0 Å². The Labute approximate surface area is 112 Å². The van der Waals surface area contributed by atoms with Gasteiger partial charge in [-0.15, -0.1) is 0 Å². The van der Waals surface area contributed by atoms with E-state index >= 15 is 0 Å². The molecule has 0 amide bonds. The van der Waals surface area contributed by atoms with Crippen LogP contribution in [0.4, 0.5) is 5.69 Å². The summed E-state index contributed by atoms with van der Waals surface area (Å²) in [6, 6.07) is 13.7. The van der Waals surface area contributed by atoms with Crippen LogP contribution in [0.2, 0.25) is 5.02 Å². The van der Waals surface area contributed by atoms with Crippen molar-refractivity contribution in [2.24, 2.45) is 0 Å². The average molecular weight is 315 g/mol. The molecule has 0 atom stereocenters. The Kier molecular flexibility index (Phi) is 3.79. The highest BCUT2D eigenvalue weighted by atomic mass is 79.9.